The molecule has 0 unspecified atom stereocenters. The SMILES string of the molecule is O=C(Nc1cc2ccccc2c2ccccc12)c1sc2c(ccc3ccccc32)c1Cl. The first-order valence-corrected chi connectivity index (χ1v) is 11.2. The van der Waals surface area contributed by atoms with Gasteiger partial charge in [-0.2, -0.15) is 0 Å². The van der Waals surface area contributed by atoms with E-state index in [2.05, 4.69) is 41.7 Å². The molecule has 1 heterocycles. The lowest BCUT2D eigenvalue weighted by molar-refractivity contribution is 0.103. The van der Waals surface area contributed by atoms with E-state index in [1.54, 1.807) is 0 Å². The first-order chi connectivity index (χ1) is 15.2. The van der Waals surface area contributed by atoms with Crippen LogP contribution in [0.4, 0.5) is 5.69 Å². The molecule has 4 heteroatoms. The van der Waals surface area contributed by atoms with Crippen LogP contribution in [0.5, 0.6) is 0 Å². The van der Waals surface area contributed by atoms with Gasteiger partial charge in [-0.3, -0.25) is 4.79 Å². The molecule has 1 amide bonds. The van der Waals surface area contributed by atoms with E-state index in [1.807, 2.05) is 54.6 Å². The van der Waals surface area contributed by atoms with Crippen LogP contribution in [0.3, 0.4) is 0 Å². The van der Waals surface area contributed by atoms with E-state index in [-0.39, 0.29) is 5.91 Å². The smallest absolute Gasteiger partial charge is 0.267 e. The highest BCUT2D eigenvalue weighted by Crippen LogP contribution is 2.40. The van der Waals surface area contributed by atoms with Crippen molar-refractivity contribution >= 4 is 76.9 Å². The minimum absolute atomic E-state index is 0.185. The van der Waals surface area contributed by atoms with E-state index in [0.29, 0.717) is 9.90 Å². The van der Waals surface area contributed by atoms with Gasteiger partial charge >= 0.3 is 0 Å². The van der Waals surface area contributed by atoms with Gasteiger partial charge in [0.25, 0.3) is 5.91 Å². The molecule has 6 aromatic rings. The van der Waals surface area contributed by atoms with Crippen molar-refractivity contribution in [3.05, 3.63) is 101 Å². The van der Waals surface area contributed by atoms with E-state index >= 15 is 0 Å². The van der Waals surface area contributed by atoms with Crippen LogP contribution >= 0.6 is 22.9 Å². The fourth-order valence-corrected chi connectivity index (χ4v) is 5.82. The quantitative estimate of drug-likeness (QED) is 0.271. The summed E-state index contributed by atoms with van der Waals surface area (Å²) in [5.41, 5.74) is 0.790. The summed E-state index contributed by atoms with van der Waals surface area (Å²) >= 11 is 8.13. The van der Waals surface area contributed by atoms with E-state index in [0.717, 1.165) is 42.7 Å². The minimum atomic E-state index is -0.185. The maximum absolute atomic E-state index is 13.3. The highest BCUT2D eigenvalue weighted by Gasteiger charge is 2.19. The Morgan fingerprint density at radius 3 is 2.13 bits per heavy atom. The van der Waals surface area contributed by atoms with Gasteiger partial charge in [-0.15, -0.1) is 11.3 Å². The van der Waals surface area contributed by atoms with E-state index in [4.69, 9.17) is 11.6 Å². The Kier molecular flexibility index (Phi) is 4.20. The Morgan fingerprint density at radius 2 is 1.32 bits per heavy atom. The number of hydrogen-bond acceptors (Lipinski definition) is 2. The van der Waals surface area contributed by atoms with Crippen molar-refractivity contribution in [2.75, 3.05) is 5.32 Å². The summed E-state index contributed by atoms with van der Waals surface area (Å²) in [6.45, 7) is 0. The normalized spacial score (nSPS) is 11.5. The van der Waals surface area contributed by atoms with Gasteiger partial charge in [0.1, 0.15) is 4.88 Å². The van der Waals surface area contributed by atoms with Gasteiger partial charge in [-0.25, -0.2) is 0 Å². The monoisotopic (exact) mass is 437 g/mol. The molecule has 0 saturated heterocycles. The van der Waals surface area contributed by atoms with Gasteiger partial charge in [-0.1, -0.05) is 96.5 Å². The van der Waals surface area contributed by atoms with Crippen LogP contribution in [0, 0.1) is 0 Å². The number of carbonyl (C=O) groups excluding carboxylic acids is 1. The third kappa shape index (κ3) is 2.89. The Bertz CT molecular complexity index is 1650. The summed E-state index contributed by atoms with van der Waals surface area (Å²) in [7, 11) is 0. The van der Waals surface area contributed by atoms with Crippen molar-refractivity contribution in [2.24, 2.45) is 0 Å². The van der Waals surface area contributed by atoms with Gasteiger partial charge in [-0.05, 0) is 33.0 Å². The Morgan fingerprint density at radius 1 is 0.677 bits per heavy atom. The summed E-state index contributed by atoms with van der Waals surface area (Å²) in [5, 5.41) is 11.2. The fraction of sp³-hybridized carbons (Fsp3) is 0. The number of rotatable bonds is 2. The number of fused-ring (bicyclic) bond motifs is 6. The van der Waals surface area contributed by atoms with Crippen LogP contribution in [-0.2, 0) is 0 Å². The van der Waals surface area contributed by atoms with E-state index in [1.165, 1.54) is 16.7 Å². The first-order valence-electron chi connectivity index (χ1n) is 10.0. The number of halogens is 1. The summed E-state index contributed by atoms with van der Waals surface area (Å²) < 4.78 is 1.04. The molecule has 31 heavy (non-hydrogen) atoms. The zero-order valence-electron chi connectivity index (χ0n) is 16.4. The van der Waals surface area contributed by atoms with Gasteiger partial charge in [0.15, 0.2) is 0 Å². The van der Waals surface area contributed by atoms with E-state index in [9.17, 15) is 4.79 Å². The average molecular weight is 438 g/mol. The van der Waals surface area contributed by atoms with Crippen LogP contribution in [-0.4, -0.2) is 5.91 Å². The van der Waals surface area contributed by atoms with Gasteiger partial charge in [0.2, 0.25) is 0 Å². The van der Waals surface area contributed by atoms with Crippen LogP contribution in [0.1, 0.15) is 9.67 Å². The number of anilines is 1. The van der Waals surface area contributed by atoms with Crippen molar-refractivity contribution in [3.63, 3.8) is 0 Å². The standard InChI is InChI=1S/C27H16ClNOS/c28-24-22-14-13-16-7-1-4-10-19(16)25(22)31-26(24)27(30)29-23-15-17-8-2-3-9-18(17)20-11-5-6-12-21(20)23/h1-15H,(H,29,30). The zero-order chi connectivity index (χ0) is 20.9. The molecular weight excluding hydrogens is 422 g/mol. The molecule has 0 aliphatic rings. The molecule has 0 fully saturated rings. The van der Waals surface area contributed by atoms with E-state index < -0.39 is 0 Å². The lowest BCUT2D eigenvalue weighted by Crippen LogP contribution is -2.11. The van der Waals surface area contributed by atoms with Crippen molar-refractivity contribution in [2.45, 2.75) is 0 Å². The third-order valence-corrected chi connectivity index (χ3v) is 7.48. The van der Waals surface area contributed by atoms with Crippen molar-refractivity contribution < 1.29 is 4.79 Å². The van der Waals surface area contributed by atoms with Gasteiger partial charge in [0.05, 0.1) is 5.02 Å². The highest BCUT2D eigenvalue weighted by atomic mass is 35.5. The molecule has 2 nitrogen and oxygen atoms in total. The Labute approximate surface area is 187 Å². The molecule has 0 spiro atoms. The maximum Gasteiger partial charge on any atom is 0.267 e. The summed E-state index contributed by atoms with van der Waals surface area (Å²) in [6, 6.07) is 30.6. The second-order valence-corrected chi connectivity index (χ2v) is 8.95. The average Bonchev–Trinajstić information content (AvgIpc) is 3.16. The van der Waals surface area contributed by atoms with Crippen LogP contribution in [0.15, 0.2) is 91.0 Å². The van der Waals surface area contributed by atoms with Crippen molar-refractivity contribution in [1.29, 1.82) is 0 Å². The first kappa shape index (κ1) is 18.4. The molecule has 0 aliphatic carbocycles. The van der Waals surface area contributed by atoms with Gasteiger partial charge < -0.3 is 5.32 Å². The summed E-state index contributed by atoms with van der Waals surface area (Å²) in [5.74, 6) is -0.185. The summed E-state index contributed by atoms with van der Waals surface area (Å²) in [4.78, 5) is 13.9. The lowest BCUT2D eigenvalue weighted by Gasteiger charge is -2.11. The van der Waals surface area contributed by atoms with Crippen LogP contribution in [0.25, 0.3) is 42.4 Å². The molecule has 1 N–H and O–H groups in total. The fourth-order valence-electron chi connectivity index (χ4n) is 4.28. The molecule has 5 aromatic carbocycles. The molecule has 0 saturated carbocycles. The third-order valence-electron chi connectivity index (χ3n) is 5.74. The van der Waals surface area contributed by atoms with Crippen molar-refractivity contribution in [3.8, 4) is 0 Å². The topological polar surface area (TPSA) is 29.1 Å². The molecule has 0 atom stereocenters. The summed E-state index contributed by atoms with van der Waals surface area (Å²) in [6.07, 6.45) is 0. The van der Waals surface area contributed by atoms with Gasteiger partial charge in [0, 0.05) is 21.2 Å². The largest absolute Gasteiger partial charge is 0.321 e. The number of benzene rings is 5. The molecule has 6 rings (SSSR count). The molecule has 0 radical (unpaired) electrons. The lowest BCUT2D eigenvalue weighted by atomic mass is 10.0. The second-order valence-electron chi connectivity index (χ2n) is 7.55. The maximum atomic E-state index is 13.3. The number of carbonyl (C=O) groups is 1. The number of amides is 1. The predicted molar refractivity (Wildman–Crippen MR) is 134 cm³/mol. The Balaban J connectivity index is 1.50. The number of nitrogens with one attached hydrogen (secondary N) is 1. The number of thiophene rings is 1. The van der Waals surface area contributed by atoms with Crippen molar-refractivity contribution in [1.82, 2.24) is 0 Å². The Hall–Kier alpha value is -3.40. The molecular formula is C27H16ClNOS. The van der Waals surface area contributed by atoms with Crippen LogP contribution < -0.4 is 5.32 Å². The molecule has 148 valence electrons. The molecule has 0 aliphatic heterocycles. The second kappa shape index (κ2) is 7.09. The predicted octanol–water partition coefficient (Wildman–Crippen LogP) is 8.27. The zero-order valence-corrected chi connectivity index (χ0v) is 17.9. The highest BCUT2D eigenvalue weighted by molar-refractivity contribution is 7.22. The minimum Gasteiger partial charge on any atom is -0.321 e. The van der Waals surface area contributed by atoms with Crippen LogP contribution in [0.2, 0.25) is 5.02 Å². The number of hydrogen-bond donors (Lipinski definition) is 1. The molecule has 1 aromatic heterocycles. The molecule has 0 bridgehead atoms.